The van der Waals surface area contributed by atoms with Gasteiger partial charge in [-0.05, 0) is 24.1 Å². The molecule has 2 aromatic carbocycles. The predicted molar refractivity (Wildman–Crippen MR) is 101 cm³/mol. The second-order valence-corrected chi connectivity index (χ2v) is 7.03. The summed E-state index contributed by atoms with van der Waals surface area (Å²) in [5, 5.41) is 3.05. The first kappa shape index (κ1) is 16.6. The third kappa shape index (κ3) is 3.43. The van der Waals surface area contributed by atoms with Crippen LogP contribution in [0.5, 0.6) is 0 Å². The highest BCUT2D eigenvalue weighted by atomic mass is 16.2. The molecule has 5 nitrogen and oxygen atoms in total. The van der Waals surface area contributed by atoms with Crippen molar-refractivity contribution in [3.8, 4) is 0 Å². The Labute approximate surface area is 153 Å². The molecule has 2 fully saturated rings. The molecular formula is C21H23N3O2. The van der Waals surface area contributed by atoms with Gasteiger partial charge in [0.05, 0.1) is 6.04 Å². The summed E-state index contributed by atoms with van der Waals surface area (Å²) in [5.41, 5.74) is 2.17. The molecule has 0 aliphatic carbocycles. The lowest BCUT2D eigenvalue weighted by Gasteiger charge is -2.21. The lowest BCUT2D eigenvalue weighted by Crippen LogP contribution is -2.44. The normalized spacial score (nSPS) is 22.7. The van der Waals surface area contributed by atoms with E-state index in [-0.39, 0.29) is 18.0 Å². The molecule has 4 rings (SSSR count). The molecule has 0 bridgehead atoms. The van der Waals surface area contributed by atoms with Gasteiger partial charge in [-0.15, -0.1) is 0 Å². The number of hydrogen-bond donors (Lipinski definition) is 1. The fourth-order valence-corrected chi connectivity index (χ4v) is 3.87. The summed E-state index contributed by atoms with van der Waals surface area (Å²) in [7, 11) is 0. The lowest BCUT2D eigenvalue weighted by molar-refractivity contribution is -0.117. The highest BCUT2D eigenvalue weighted by Crippen LogP contribution is 2.27. The molecule has 2 saturated heterocycles. The van der Waals surface area contributed by atoms with E-state index in [2.05, 4.69) is 17.4 Å². The number of likely N-dealkylation sites (tertiary alicyclic amines) is 1. The van der Waals surface area contributed by atoms with Crippen LogP contribution in [0.25, 0.3) is 0 Å². The van der Waals surface area contributed by atoms with E-state index in [0.29, 0.717) is 18.9 Å². The van der Waals surface area contributed by atoms with Crippen molar-refractivity contribution in [2.45, 2.75) is 24.8 Å². The zero-order chi connectivity index (χ0) is 17.9. The van der Waals surface area contributed by atoms with E-state index < -0.39 is 0 Å². The van der Waals surface area contributed by atoms with Crippen LogP contribution < -0.4 is 10.2 Å². The summed E-state index contributed by atoms with van der Waals surface area (Å²) in [4.78, 5) is 28.5. The minimum Gasteiger partial charge on any atom is -0.333 e. The van der Waals surface area contributed by atoms with Crippen LogP contribution in [-0.4, -0.2) is 42.5 Å². The van der Waals surface area contributed by atoms with Gasteiger partial charge in [0.15, 0.2) is 0 Å². The van der Waals surface area contributed by atoms with Crippen molar-refractivity contribution in [3.63, 3.8) is 0 Å². The largest absolute Gasteiger partial charge is 0.333 e. The Bertz CT molecular complexity index is 778. The third-order valence-electron chi connectivity index (χ3n) is 5.27. The maximum Gasteiger partial charge on any atom is 0.317 e. The first-order valence-electron chi connectivity index (χ1n) is 9.16. The molecule has 0 aromatic heterocycles. The highest BCUT2D eigenvalue weighted by molar-refractivity contribution is 5.96. The summed E-state index contributed by atoms with van der Waals surface area (Å²) in [6.07, 6.45) is 1.34. The van der Waals surface area contributed by atoms with Crippen LogP contribution in [0, 0.1) is 0 Å². The highest BCUT2D eigenvalue weighted by Gasteiger charge is 2.34. The van der Waals surface area contributed by atoms with Crippen LogP contribution in [-0.2, 0) is 4.79 Å². The summed E-state index contributed by atoms with van der Waals surface area (Å²) in [6.45, 7) is 2.03. The number of amides is 3. The maximum absolute atomic E-state index is 12.6. The molecule has 0 unspecified atom stereocenters. The summed E-state index contributed by atoms with van der Waals surface area (Å²) >= 11 is 0. The van der Waals surface area contributed by atoms with E-state index in [1.54, 1.807) is 4.90 Å². The molecule has 0 radical (unpaired) electrons. The topological polar surface area (TPSA) is 52.7 Å². The molecule has 1 N–H and O–H groups in total. The number of benzene rings is 2. The number of hydrogen-bond acceptors (Lipinski definition) is 2. The van der Waals surface area contributed by atoms with Gasteiger partial charge in [0, 0.05) is 37.7 Å². The van der Waals surface area contributed by atoms with Gasteiger partial charge in [0.1, 0.15) is 0 Å². The molecule has 2 atom stereocenters. The van der Waals surface area contributed by atoms with Crippen LogP contribution in [0.2, 0.25) is 0 Å². The van der Waals surface area contributed by atoms with E-state index in [1.807, 2.05) is 53.4 Å². The number of rotatable bonds is 3. The first-order valence-corrected chi connectivity index (χ1v) is 9.16. The van der Waals surface area contributed by atoms with Crippen molar-refractivity contribution in [2.75, 3.05) is 24.5 Å². The molecule has 0 saturated carbocycles. The van der Waals surface area contributed by atoms with Crippen molar-refractivity contribution < 1.29 is 9.59 Å². The van der Waals surface area contributed by atoms with Gasteiger partial charge in [-0.25, -0.2) is 4.79 Å². The van der Waals surface area contributed by atoms with Gasteiger partial charge in [0.2, 0.25) is 5.91 Å². The van der Waals surface area contributed by atoms with Crippen molar-refractivity contribution in [1.82, 2.24) is 10.2 Å². The standard InChI is InChI=1S/C21H23N3O2/c25-20-13-18(15-24(20)19-9-5-2-6-10-19)22-21(26)23-12-11-17(14-23)16-7-3-1-4-8-16/h1-10,17-18H,11-15H2,(H,22,26)/t17-,18-/m0/s1. The van der Waals surface area contributed by atoms with Crippen molar-refractivity contribution >= 4 is 17.6 Å². The summed E-state index contributed by atoms with van der Waals surface area (Å²) < 4.78 is 0. The van der Waals surface area contributed by atoms with E-state index in [4.69, 9.17) is 0 Å². The van der Waals surface area contributed by atoms with Crippen LogP contribution in [0.15, 0.2) is 60.7 Å². The van der Waals surface area contributed by atoms with Gasteiger partial charge in [-0.1, -0.05) is 48.5 Å². The number of urea groups is 1. The van der Waals surface area contributed by atoms with Gasteiger partial charge in [0.25, 0.3) is 0 Å². The van der Waals surface area contributed by atoms with Gasteiger partial charge < -0.3 is 15.1 Å². The monoisotopic (exact) mass is 349 g/mol. The second kappa shape index (κ2) is 7.20. The van der Waals surface area contributed by atoms with Crippen LogP contribution in [0.4, 0.5) is 10.5 Å². The average Bonchev–Trinajstić information content (AvgIpc) is 3.30. The van der Waals surface area contributed by atoms with Crippen molar-refractivity contribution in [1.29, 1.82) is 0 Å². The molecule has 2 aliphatic heterocycles. The Balaban J connectivity index is 1.34. The summed E-state index contributed by atoms with van der Waals surface area (Å²) in [5.74, 6) is 0.457. The smallest absolute Gasteiger partial charge is 0.317 e. The van der Waals surface area contributed by atoms with Gasteiger partial charge in [-0.3, -0.25) is 4.79 Å². The minimum atomic E-state index is -0.133. The number of nitrogens with zero attached hydrogens (tertiary/aromatic N) is 2. The van der Waals surface area contributed by atoms with E-state index in [9.17, 15) is 9.59 Å². The Morgan fingerprint density at radius 1 is 0.962 bits per heavy atom. The maximum atomic E-state index is 12.6. The molecule has 2 aromatic rings. The van der Waals surface area contributed by atoms with E-state index in [1.165, 1.54) is 5.56 Å². The predicted octanol–water partition coefficient (Wildman–Crippen LogP) is 2.99. The molecule has 2 heterocycles. The third-order valence-corrected chi connectivity index (χ3v) is 5.27. The molecule has 2 aliphatic rings. The fourth-order valence-electron chi connectivity index (χ4n) is 3.87. The zero-order valence-electron chi connectivity index (χ0n) is 14.7. The number of para-hydroxylation sites is 1. The van der Waals surface area contributed by atoms with Crippen LogP contribution >= 0.6 is 0 Å². The van der Waals surface area contributed by atoms with Crippen molar-refractivity contribution in [3.05, 3.63) is 66.2 Å². The molecule has 134 valence electrons. The lowest BCUT2D eigenvalue weighted by atomic mass is 9.99. The van der Waals surface area contributed by atoms with E-state index >= 15 is 0 Å². The Kier molecular flexibility index (Phi) is 4.61. The average molecular weight is 349 g/mol. The number of anilines is 1. The quantitative estimate of drug-likeness (QED) is 0.926. The molecule has 0 spiro atoms. The molecular weight excluding hydrogens is 326 g/mol. The van der Waals surface area contributed by atoms with Gasteiger partial charge in [-0.2, -0.15) is 0 Å². The first-order chi connectivity index (χ1) is 12.7. The minimum absolute atomic E-state index is 0.0591. The Morgan fingerprint density at radius 2 is 1.65 bits per heavy atom. The molecule has 5 heteroatoms. The zero-order valence-corrected chi connectivity index (χ0v) is 14.7. The SMILES string of the molecule is O=C(N[C@H]1CC(=O)N(c2ccccc2)C1)N1CC[C@H](c2ccccc2)C1. The van der Waals surface area contributed by atoms with Crippen LogP contribution in [0.1, 0.15) is 24.3 Å². The van der Waals surface area contributed by atoms with Gasteiger partial charge >= 0.3 is 6.03 Å². The number of carbonyl (C=O) groups is 2. The Hall–Kier alpha value is -2.82. The number of carbonyl (C=O) groups excluding carboxylic acids is 2. The molecule has 26 heavy (non-hydrogen) atoms. The second-order valence-electron chi connectivity index (χ2n) is 7.03. The molecule has 3 amide bonds. The van der Waals surface area contributed by atoms with Crippen molar-refractivity contribution in [2.24, 2.45) is 0 Å². The summed E-state index contributed by atoms with van der Waals surface area (Å²) in [6, 6.07) is 19.8. The fraction of sp³-hybridized carbons (Fsp3) is 0.333. The van der Waals surface area contributed by atoms with Crippen LogP contribution in [0.3, 0.4) is 0 Å². The number of nitrogens with one attached hydrogen (secondary N) is 1. The Morgan fingerprint density at radius 3 is 2.38 bits per heavy atom. The van der Waals surface area contributed by atoms with E-state index in [0.717, 1.165) is 25.2 Å².